The first-order valence-electron chi connectivity index (χ1n) is 10.3. The second-order valence-electron chi connectivity index (χ2n) is 7.20. The highest BCUT2D eigenvalue weighted by Crippen LogP contribution is 2.13. The summed E-state index contributed by atoms with van der Waals surface area (Å²) in [5.41, 5.74) is 5.80. The SMILES string of the molecule is CCCCCCCCCCCCCCCCN(CC(=O)O)C(C)N. The number of hydrogen-bond acceptors (Lipinski definition) is 3. The molecule has 0 spiro atoms. The van der Waals surface area contributed by atoms with Gasteiger partial charge in [-0.05, 0) is 13.3 Å². The van der Waals surface area contributed by atoms with Crippen molar-refractivity contribution < 1.29 is 9.90 Å². The van der Waals surface area contributed by atoms with E-state index >= 15 is 0 Å². The molecule has 0 fully saturated rings. The summed E-state index contributed by atoms with van der Waals surface area (Å²) in [6, 6.07) is 0. The van der Waals surface area contributed by atoms with Crippen LogP contribution in [0, 0.1) is 0 Å². The van der Waals surface area contributed by atoms with Gasteiger partial charge in [0.2, 0.25) is 0 Å². The van der Waals surface area contributed by atoms with Crippen LogP contribution in [0.2, 0.25) is 0 Å². The van der Waals surface area contributed by atoms with Crippen molar-refractivity contribution in [3.63, 3.8) is 0 Å². The number of carboxylic acid groups (broad SMARTS) is 1. The first kappa shape index (κ1) is 23.4. The van der Waals surface area contributed by atoms with Crippen LogP contribution in [0.25, 0.3) is 0 Å². The van der Waals surface area contributed by atoms with Gasteiger partial charge >= 0.3 is 5.97 Å². The van der Waals surface area contributed by atoms with Gasteiger partial charge in [-0.25, -0.2) is 0 Å². The van der Waals surface area contributed by atoms with E-state index in [9.17, 15) is 4.79 Å². The van der Waals surface area contributed by atoms with Gasteiger partial charge in [0.1, 0.15) is 0 Å². The van der Waals surface area contributed by atoms with Gasteiger partial charge in [0.25, 0.3) is 0 Å². The number of hydrogen-bond donors (Lipinski definition) is 2. The lowest BCUT2D eigenvalue weighted by Crippen LogP contribution is -2.43. The van der Waals surface area contributed by atoms with Crippen LogP contribution in [0.15, 0.2) is 0 Å². The van der Waals surface area contributed by atoms with E-state index in [0.717, 1.165) is 13.0 Å². The molecule has 3 N–H and O–H groups in total. The van der Waals surface area contributed by atoms with E-state index < -0.39 is 5.97 Å². The lowest BCUT2D eigenvalue weighted by atomic mass is 10.0. The molecule has 0 amide bonds. The van der Waals surface area contributed by atoms with Crippen molar-refractivity contribution in [1.82, 2.24) is 4.90 Å². The molecule has 0 heterocycles. The van der Waals surface area contributed by atoms with Crippen LogP contribution < -0.4 is 5.73 Å². The summed E-state index contributed by atoms with van der Waals surface area (Å²) in [5.74, 6) is -0.794. The summed E-state index contributed by atoms with van der Waals surface area (Å²) in [5, 5.41) is 8.85. The van der Waals surface area contributed by atoms with Crippen LogP contribution in [0.1, 0.15) is 104 Å². The number of rotatable bonds is 18. The number of unbranched alkanes of at least 4 members (excludes halogenated alkanes) is 13. The Morgan fingerprint density at radius 2 is 1.21 bits per heavy atom. The van der Waals surface area contributed by atoms with Crippen LogP contribution in [0.4, 0.5) is 0 Å². The van der Waals surface area contributed by atoms with Crippen LogP contribution in [0.3, 0.4) is 0 Å². The van der Waals surface area contributed by atoms with Gasteiger partial charge in [0.15, 0.2) is 0 Å². The van der Waals surface area contributed by atoms with Gasteiger partial charge < -0.3 is 10.8 Å². The van der Waals surface area contributed by atoms with Crippen molar-refractivity contribution in [2.45, 2.75) is 110 Å². The fraction of sp³-hybridized carbons (Fsp3) is 0.950. The third-order valence-electron chi connectivity index (χ3n) is 4.71. The molecule has 0 aliphatic rings. The molecule has 0 saturated carbocycles. The molecular weight excluding hydrogens is 300 g/mol. The zero-order chi connectivity index (χ0) is 18.0. The van der Waals surface area contributed by atoms with Gasteiger partial charge in [0, 0.05) is 6.54 Å². The van der Waals surface area contributed by atoms with E-state index in [4.69, 9.17) is 10.8 Å². The second kappa shape index (κ2) is 17.2. The minimum absolute atomic E-state index is 0.0517. The zero-order valence-corrected chi connectivity index (χ0v) is 16.3. The lowest BCUT2D eigenvalue weighted by Gasteiger charge is -2.24. The molecule has 0 aromatic heterocycles. The molecule has 0 aliphatic carbocycles. The minimum Gasteiger partial charge on any atom is -0.480 e. The Kier molecular flexibility index (Phi) is 16.8. The smallest absolute Gasteiger partial charge is 0.317 e. The Labute approximate surface area is 150 Å². The molecule has 0 aromatic rings. The first-order valence-corrected chi connectivity index (χ1v) is 10.3. The topological polar surface area (TPSA) is 66.6 Å². The van der Waals surface area contributed by atoms with Crippen molar-refractivity contribution >= 4 is 5.97 Å². The number of nitrogens with two attached hydrogens (primary N) is 1. The molecular formula is C20H42N2O2. The van der Waals surface area contributed by atoms with Crippen molar-refractivity contribution in [2.24, 2.45) is 5.73 Å². The van der Waals surface area contributed by atoms with Gasteiger partial charge in [-0.1, -0.05) is 90.4 Å². The molecule has 1 atom stereocenters. The normalized spacial score (nSPS) is 12.7. The molecule has 0 aromatic carbocycles. The number of carboxylic acids is 1. The highest BCUT2D eigenvalue weighted by molar-refractivity contribution is 5.69. The van der Waals surface area contributed by atoms with E-state index in [1.807, 2.05) is 11.8 Å². The Morgan fingerprint density at radius 3 is 1.54 bits per heavy atom. The second-order valence-corrected chi connectivity index (χ2v) is 7.20. The average Bonchev–Trinajstić information content (AvgIpc) is 2.53. The fourth-order valence-corrected chi connectivity index (χ4v) is 3.11. The van der Waals surface area contributed by atoms with E-state index in [1.54, 1.807) is 0 Å². The summed E-state index contributed by atoms with van der Waals surface area (Å²) < 4.78 is 0. The van der Waals surface area contributed by atoms with E-state index in [0.29, 0.717) is 0 Å². The number of carbonyl (C=O) groups is 1. The maximum atomic E-state index is 10.8. The molecule has 0 radical (unpaired) electrons. The third-order valence-corrected chi connectivity index (χ3v) is 4.71. The summed E-state index contributed by atoms with van der Waals surface area (Å²) >= 11 is 0. The van der Waals surface area contributed by atoms with Gasteiger partial charge in [0.05, 0.1) is 12.7 Å². The highest BCUT2D eigenvalue weighted by Gasteiger charge is 2.12. The van der Waals surface area contributed by atoms with Crippen molar-refractivity contribution in [2.75, 3.05) is 13.1 Å². The summed E-state index contributed by atoms with van der Waals surface area (Å²) in [7, 11) is 0. The average molecular weight is 343 g/mol. The molecule has 4 nitrogen and oxygen atoms in total. The predicted octanol–water partition coefficient (Wildman–Crippen LogP) is 5.16. The van der Waals surface area contributed by atoms with Gasteiger partial charge in [-0.15, -0.1) is 0 Å². The third kappa shape index (κ3) is 16.3. The fourth-order valence-electron chi connectivity index (χ4n) is 3.11. The lowest BCUT2D eigenvalue weighted by molar-refractivity contribution is -0.138. The van der Waals surface area contributed by atoms with E-state index in [1.165, 1.54) is 83.5 Å². The number of nitrogens with zero attached hydrogens (tertiary/aromatic N) is 1. The maximum Gasteiger partial charge on any atom is 0.317 e. The molecule has 0 saturated heterocycles. The number of aliphatic carboxylic acids is 1. The molecule has 1 unspecified atom stereocenters. The Hall–Kier alpha value is -0.610. The minimum atomic E-state index is -0.794. The summed E-state index contributed by atoms with van der Waals surface area (Å²) in [6.07, 6.45) is 18.6. The predicted molar refractivity (Wildman–Crippen MR) is 103 cm³/mol. The van der Waals surface area contributed by atoms with Gasteiger partial charge in [-0.2, -0.15) is 0 Å². The van der Waals surface area contributed by atoms with Crippen molar-refractivity contribution in [3.8, 4) is 0 Å². The van der Waals surface area contributed by atoms with Crippen LogP contribution in [-0.2, 0) is 4.79 Å². The molecule has 0 bridgehead atoms. The molecule has 24 heavy (non-hydrogen) atoms. The monoisotopic (exact) mass is 342 g/mol. The summed E-state index contributed by atoms with van der Waals surface area (Å²) in [4.78, 5) is 12.6. The maximum absolute atomic E-state index is 10.8. The Balaban J connectivity index is 3.28. The summed E-state index contributed by atoms with van der Waals surface area (Å²) in [6.45, 7) is 4.97. The van der Waals surface area contributed by atoms with Crippen molar-refractivity contribution in [1.29, 1.82) is 0 Å². The first-order chi connectivity index (χ1) is 11.6. The molecule has 4 heteroatoms. The molecule has 0 rings (SSSR count). The quantitative estimate of drug-likeness (QED) is 0.267. The van der Waals surface area contributed by atoms with Crippen LogP contribution in [-0.4, -0.2) is 35.2 Å². The zero-order valence-electron chi connectivity index (χ0n) is 16.3. The van der Waals surface area contributed by atoms with Crippen molar-refractivity contribution in [3.05, 3.63) is 0 Å². The van der Waals surface area contributed by atoms with Crippen LogP contribution in [0.5, 0.6) is 0 Å². The van der Waals surface area contributed by atoms with Crippen LogP contribution >= 0.6 is 0 Å². The molecule has 0 aliphatic heterocycles. The highest BCUT2D eigenvalue weighted by atomic mass is 16.4. The van der Waals surface area contributed by atoms with Gasteiger partial charge in [-0.3, -0.25) is 9.69 Å². The van der Waals surface area contributed by atoms with E-state index in [-0.39, 0.29) is 12.7 Å². The largest absolute Gasteiger partial charge is 0.480 e. The standard InChI is InChI=1S/C20H42N2O2/c1-3-4-5-6-7-8-9-10-11-12-13-14-15-16-17-22(19(2)21)18-20(23)24/h19H,3-18,21H2,1-2H3,(H,23,24). The Morgan fingerprint density at radius 1 is 0.833 bits per heavy atom. The molecule has 144 valence electrons. The van der Waals surface area contributed by atoms with E-state index in [2.05, 4.69) is 6.92 Å². The Bertz CT molecular complexity index is 283.